The van der Waals surface area contributed by atoms with Gasteiger partial charge in [0.1, 0.15) is 18.5 Å². The molecular weight excluding hydrogens is 726 g/mol. The molecule has 7 atom stereocenters. The number of allylic oxidation sites excluding steroid dienone is 3. The molecule has 14 heteroatoms. The maximum absolute atomic E-state index is 14.5. The van der Waals surface area contributed by atoms with Crippen LogP contribution in [0.15, 0.2) is 96.1 Å². The van der Waals surface area contributed by atoms with Gasteiger partial charge in [-0.05, 0) is 53.5 Å². The van der Waals surface area contributed by atoms with Crippen LogP contribution in [-0.4, -0.2) is 78.8 Å². The summed E-state index contributed by atoms with van der Waals surface area (Å²) in [4.78, 5) is 92.2. The molecule has 3 aromatic rings. The van der Waals surface area contributed by atoms with E-state index in [4.69, 9.17) is 28.4 Å². The van der Waals surface area contributed by atoms with E-state index in [1.54, 1.807) is 6.92 Å². The Kier molecular flexibility index (Phi) is 9.93. The van der Waals surface area contributed by atoms with Gasteiger partial charge in [0.05, 0.1) is 17.0 Å². The summed E-state index contributed by atoms with van der Waals surface area (Å²) in [5.41, 5.74) is 2.00. The summed E-state index contributed by atoms with van der Waals surface area (Å²) in [6.07, 6.45) is -7.01. The number of Topliss-reactive ketones (excluding diaryl/α,β-unsaturated/α-hetero) is 1. The molecule has 0 N–H and O–H groups in total. The van der Waals surface area contributed by atoms with Crippen molar-refractivity contribution in [2.45, 2.75) is 65.3 Å². The third-order valence-corrected chi connectivity index (χ3v) is 10.2. The molecule has 4 aliphatic rings. The van der Waals surface area contributed by atoms with Crippen molar-refractivity contribution >= 4 is 58.3 Å². The molecule has 0 spiro atoms. The van der Waals surface area contributed by atoms with Crippen LogP contribution < -0.4 is 9.64 Å². The van der Waals surface area contributed by atoms with E-state index in [1.807, 2.05) is 60.7 Å². The first kappa shape index (κ1) is 37.9. The Morgan fingerprint density at radius 2 is 1.23 bits per heavy atom. The minimum atomic E-state index is -1.50. The highest BCUT2D eigenvalue weighted by atomic mass is 16.7. The molecule has 2 unspecified atom stereocenters. The van der Waals surface area contributed by atoms with Crippen molar-refractivity contribution in [3.05, 3.63) is 107 Å². The highest BCUT2D eigenvalue weighted by Gasteiger charge is 2.69. The molecule has 288 valence electrons. The van der Waals surface area contributed by atoms with Crippen LogP contribution in [0.25, 0.3) is 11.1 Å². The average Bonchev–Trinajstić information content (AvgIpc) is 3.66. The van der Waals surface area contributed by atoms with Gasteiger partial charge in [0.25, 0.3) is 5.91 Å². The molecule has 0 radical (unpaired) electrons. The molecule has 14 nitrogen and oxygen atoms in total. The highest BCUT2D eigenvalue weighted by Crippen LogP contribution is 2.64. The molecule has 7 rings (SSSR count). The standard InChI is InChI=1S/C42H37NO13/c1-21(44)51-20-29-36(52-22(2)45)37(53-23(3)46)38(54-24(4)47)40(56-29)55-28-18-16-27(17-19-28)43-39(49)34-32-30(25-12-8-6-9-13-25)31(26-14-10-7-11-15-26)33(35(32)48)42(34,5)41(43)50/h6-19,29,33,36-38,40H,20H2,1-5H3/t29-,33?,36-,37+,38-,40-,42?/m1/s1. The monoisotopic (exact) mass is 763 g/mol. The SMILES string of the molecule is CC(=O)OC[C@H]1O[C@@H](Oc2ccc(N3C(=O)C4=C5C(=O)C(C(c6ccccc6)=C5c5ccccc5)C4(C)C3=O)cc2)[C@H](OC(C)=O)[C@@H](OC(C)=O)[C@@H]1OC(C)=O. The van der Waals surface area contributed by atoms with Gasteiger partial charge in [-0.3, -0.25) is 33.6 Å². The number of imide groups is 1. The van der Waals surface area contributed by atoms with Crippen molar-refractivity contribution in [1.82, 2.24) is 0 Å². The topological polar surface area (TPSA) is 178 Å². The molecule has 2 heterocycles. The number of carbonyl (C=O) groups is 7. The molecule has 2 amide bonds. The van der Waals surface area contributed by atoms with Crippen LogP contribution in [0, 0.1) is 11.3 Å². The number of carbonyl (C=O) groups excluding carboxylic acids is 7. The van der Waals surface area contributed by atoms with Crippen molar-refractivity contribution in [3.8, 4) is 5.75 Å². The zero-order valence-electron chi connectivity index (χ0n) is 31.0. The van der Waals surface area contributed by atoms with Crippen molar-refractivity contribution in [3.63, 3.8) is 0 Å². The first-order valence-electron chi connectivity index (χ1n) is 17.8. The summed E-state index contributed by atoms with van der Waals surface area (Å²) >= 11 is 0. The zero-order chi connectivity index (χ0) is 40.1. The molecule has 0 saturated carbocycles. The number of ketones is 1. The molecule has 3 aromatic carbocycles. The lowest BCUT2D eigenvalue weighted by atomic mass is 9.69. The Labute approximate surface area is 320 Å². The van der Waals surface area contributed by atoms with Gasteiger partial charge in [0.15, 0.2) is 18.0 Å². The Morgan fingerprint density at radius 3 is 1.80 bits per heavy atom. The first-order chi connectivity index (χ1) is 26.7. The second-order valence-corrected chi connectivity index (χ2v) is 13.9. The smallest absolute Gasteiger partial charge is 0.303 e. The van der Waals surface area contributed by atoms with Gasteiger partial charge in [-0.25, -0.2) is 4.90 Å². The number of rotatable bonds is 10. The van der Waals surface area contributed by atoms with Crippen LogP contribution in [0.3, 0.4) is 0 Å². The molecule has 2 saturated heterocycles. The number of anilines is 1. The van der Waals surface area contributed by atoms with E-state index in [0.717, 1.165) is 43.7 Å². The van der Waals surface area contributed by atoms with Gasteiger partial charge < -0.3 is 28.4 Å². The van der Waals surface area contributed by atoms with E-state index < -0.39 is 84.3 Å². The predicted molar refractivity (Wildman–Crippen MR) is 195 cm³/mol. The van der Waals surface area contributed by atoms with Crippen molar-refractivity contribution in [2.75, 3.05) is 11.5 Å². The van der Waals surface area contributed by atoms with E-state index in [0.29, 0.717) is 11.1 Å². The van der Waals surface area contributed by atoms with Gasteiger partial charge >= 0.3 is 23.9 Å². The molecule has 0 aromatic heterocycles. The highest BCUT2D eigenvalue weighted by molar-refractivity contribution is 6.43. The van der Waals surface area contributed by atoms with Crippen LogP contribution in [0.4, 0.5) is 5.69 Å². The second kappa shape index (κ2) is 14.7. The number of hydrogen-bond donors (Lipinski definition) is 0. The lowest BCUT2D eigenvalue weighted by Crippen LogP contribution is -2.63. The van der Waals surface area contributed by atoms with E-state index in [9.17, 15) is 33.6 Å². The fourth-order valence-electron chi connectivity index (χ4n) is 8.04. The summed E-state index contributed by atoms with van der Waals surface area (Å²) in [6.45, 7) is 5.69. The predicted octanol–water partition coefficient (Wildman–Crippen LogP) is 4.15. The second-order valence-electron chi connectivity index (χ2n) is 13.9. The van der Waals surface area contributed by atoms with E-state index >= 15 is 0 Å². The number of fused-ring (bicyclic) bond motifs is 4. The number of nitrogens with zero attached hydrogens (tertiary/aromatic N) is 1. The minimum Gasteiger partial charge on any atom is -0.463 e. The average molecular weight is 764 g/mol. The van der Waals surface area contributed by atoms with Crippen LogP contribution in [-0.2, 0) is 57.2 Å². The molecule has 2 fully saturated rings. The van der Waals surface area contributed by atoms with Gasteiger partial charge in [0.2, 0.25) is 18.3 Å². The van der Waals surface area contributed by atoms with E-state index in [2.05, 4.69) is 0 Å². The molecule has 2 aliphatic carbocycles. The van der Waals surface area contributed by atoms with Crippen molar-refractivity contribution < 1.29 is 62.0 Å². The summed E-state index contributed by atoms with van der Waals surface area (Å²) in [5.74, 6) is -5.29. The Hall–Kier alpha value is -6.41. The van der Waals surface area contributed by atoms with Gasteiger partial charge in [-0.2, -0.15) is 0 Å². The third-order valence-electron chi connectivity index (χ3n) is 10.2. The summed E-state index contributed by atoms with van der Waals surface area (Å²) < 4.78 is 33.6. The fraction of sp³-hybridized carbons (Fsp3) is 0.310. The largest absolute Gasteiger partial charge is 0.463 e. The third kappa shape index (κ3) is 6.45. The number of hydrogen-bond acceptors (Lipinski definition) is 13. The lowest BCUT2D eigenvalue weighted by molar-refractivity contribution is -0.288. The summed E-state index contributed by atoms with van der Waals surface area (Å²) in [7, 11) is 0. The van der Waals surface area contributed by atoms with Gasteiger partial charge in [-0.15, -0.1) is 0 Å². The molecule has 56 heavy (non-hydrogen) atoms. The molecule has 2 aliphatic heterocycles. The summed E-state index contributed by atoms with van der Waals surface area (Å²) in [5, 5.41) is 0. The maximum atomic E-state index is 14.5. The van der Waals surface area contributed by atoms with E-state index in [1.165, 1.54) is 24.3 Å². The Balaban J connectivity index is 1.21. The summed E-state index contributed by atoms with van der Waals surface area (Å²) in [6, 6.07) is 24.5. The van der Waals surface area contributed by atoms with Gasteiger partial charge in [0, 0.05) is 38.8 Å². The van der Waals surface area contributed by atoms with Crippen molar-refractivity contribution in [1.29, 1.82) is 0 Å². The number of esters is 4. The molecule has 2 bridgehead atoms. The fourth-order valence-corrected chi connectivity index (χ4v) is 8.04. The van der Waals surface area contributed by atoms with Crippen LogP contribution in [0.2, 0.25) is 0 Å². The zero-order valence-corrected chi connectivity index (χ0v) is 31.0. The van der Waals surface area contributed by atoms with Crippen LogP contribution >= 0.6 is 0 Å². The van der Waals surface area contributed by atoms with E-state index in [-0.39, 0.29) is 28.4 Å². The van der Waals surface area contributed by atoms with Crippen LogP contribution in [0.5, 0.6) is 5.75 Å². The minimum absolute atomic E-state index is 0.108. The lowest BCUT2D eigenvalue weighted by Gasteiger charge is -2.43. The van der Waals surface area contributed by atoms with Gasteiger partial charge in [-0.1, -0.05) is 60.7 Å². The van der Waals surface area contributed by atoms with Crippen LogP contribution in [0.1, 0.15) is 45.7 Å². The number of ether oxygens (including phenoxy) is 6. The number of benzene rings is 3. The number of amides is 2. The van der Waals surface area contributed by atoms with Crippen molar-refractivity contribution in [2.24, 2.45) is 11.3 Å². The molecular formula is C42H37NO13. The maximum Gasteiger partial charge on any atom is 0.303 e. The first-order valence-corrected chi connectivity index (χ1v) is 17.8. The Bertz CT molecular complexity index is 2210. The quantitative estimate of drug-likeness (QED) is 0.164. The Morgan fingerprint density at radius 1 is 0.679 bits per heavy atom. The normalized spacial score (nSPS) is 26.6.